The van der Waals surface area contributed by atoms with Crippen molar-refractivity contribution < 1.29 is 48.1 Å². The van der Waals surface area contributed by atoms with Gasteiger partial charge < -0.3 is 69.4 Å². The van der Waals surface area contributed by atoms with Crippen molar-refractivity contribution in [3.05, 3.63) is 23.8 Å². The minimum atomic E-state index is -1.28. The van der Waals surface area contributed by atoms with Gasteiger partial charge in [-0.15, -0.1) is 0 Å². The molecule has 7 amide bonds. The molecule has 21 nitrogen and oxygen atoms in total. The Labute approximate surface area is 358 Å². The van der Waals surface area contributed by atoms with Gasteiger partial charge in [-0.2, -0.15) is 0 Å². The summed E-state index contributed by atoms with van der Waals surface area (Å²) in [7, 11) is 2.91. The van der Waals surface area contributed by atoms with Crippen molar-refractivity contribution >= 4 is 47.3 Å². The third kappa shape index (κ3) is 18.6. The number of benzene rings is 1. The number of aliphatic hydroxyl groups is 1. The third-order valence-electron chi connectivity index (χ3n) is 10.0. The van der Waals surface area contributed by atoms with Gasteiger partial charge in [-0.1, -0.05) is 60.5 Å². The zero-order valence-electron chi connectivity index (χ0n) is 36.7. The molecule has 0 fully saturated rings. The molecule has 61 heavy (non-hydrogen) atoms. The predicted octanol–water partition coefficient (Wildman–Crippen LogP) is -2.22. The van der Waals surface area contributed by atoms with Gasteiger partial charge in [0.25, 0.3) is 0 Å². The summed E-state index contributed by atoms with van der Waals surface area (Å²) in [5.74, 6) is -5.30. The molecule has 15 N–H and O–H groups in total. The maximum Gasteiger partial charge on any atom is 0.243 e. The average molecular weight is 864 g/mol. The number of methoxy groups -OCH3 is 2. The van der Waals surface area contributed by atoms with Gasteiger partial charge in [-0.05, 0) is 54.7 Å². The first-order chi connectivity index (χ1) is 28.7. The van der Waals surface area contributed by atoms with Crippen LogP contribution in [0, 0.1) is 17.8 Å². The first kappa shape index (κ1) is 53.3. The lowest BCUT2D eigenvalue weighted by Crippen LogP contribution is -2.59. The number of rotatable bonds is 28. The molecule has 0 heterocycles. The van der Waals surface area contributed by atoms with E-state index in [1.165, 1.54) is 14.2 Å². The van der Waals surface area contributed by atoms with Gasteiger partial charge in [0, 0.05) is 13.0 Å². The van der Waals surface area contributed by atoms with E-state index < -0.39 is 96.7 Å². The molecule has 0 bridgehead atoms. The lowest BCUT2D eigenvalue weighted by Gasteiger charge is -2.28. The molecule has 344 valence electrons. The van der Waals surface area contributed by atoms with Gasteiger partial charge in [-0.25, -0.2) is 0 Å². The van der Waals surface area contributed by atoms with Crippen molar-refractivity contribution in [2.45, 2.75) is 116 Å². The number of carbonyl (C=O) groups is 7. The molecule has 0 saturated carbocycles. The summed E-state index contributed by atoms with van der Waals surface area (Å²) in [6, 6.07) is -2.11. The van der Waals surface area contributed by atoms with Crippen LogP contribution in [0.15, 0.2) is 23.2 Å². The first-order valence-corrected chi connectivity index (χ1v) is 20.4. The van der Waals surface area contributed by atoms with Crippen molar-refractivity contribution in [1.29, 1.82) is 0 Å². The number of hydrogen-bond acceptors (Lipinski definition) is 12. The fourth-order valence-electron chi connectivity index (χ4n) is 6.02. The Morgan fingerprint density at radius 2 is 1.28 bits per heavy atom. The Balaban J connectivity index is 3.38. The standard InChI is InChI=1S/C40H69N11O10/c1-9-22(5)32(34(42)54)50-38(58)28(17-24-13-14-29(60-7)30(18-24)61-8)49-36(56)26(12-11-15-45-40(43)44)47-31(53)19-46-39(59)33(23(6)10-2)51-37(57)27(16-21(3)4)48-35(55)25(41)20-52/h13-14,18,21-23,25-28,32-33,52H,9-12,15-17,19-20,41H2,1-8H3,(H2,42,54)(H,46,59)(H,47,53)(H,48,55)(H,49,56)(H,50,58)(H,51,57)(H4,43,44,45)/t22-,23-,25-,26-,27-,28-,32-,33-/m0/s1. The number of guanidine groups is 1. The van der Waals surface area contributed by atoms with Gasteiger partial charge in [0.05, 0.1) is 27.4 Å². The number of aliphatic imine (C=N–C) groups is 1. The van der Waals surface area contributed by atoms with E-state index in [-0.39, 0.29) is 50.0 Å². The zero-order chi connectivity index (χ0) is 46.4. The molecule has 1 aromatic carbocycles. The van der Waals surface area contributed by atoms with Crippen LogP contribution in [-0.4, -0.2) is 123 Å². The summed E-state index contributed by atoms with van der Waals surface area (Å²) in [6.45, 7) is 9.64. The molecule has 1 rings (SSSR count). The maximum atomic E-state index is 14.0. The Hall–Kier alpha value is -5.70. The van der Waals surface area contributed by atoms with Crippen LogP contribution in [0.2, 0.25) is 0 Å². The summed E-state index contributed by atoms with van der Waals surface area (Å²) in [5, 5.41) is 25.0. The van der Waals surface area contributed by atoms with Crippen molar-refractivity contribution in [1.82, 2.24) is 31.9 Å². The Kier molecular flexibility index (Phi) is 23.8. The molecule has 0 aromatic heterocycles. The fraction of sp³-hybridized carbons (Fsp3) is 0.650. The zero-order valence-corrected chi connectivity index (χ0v) is 36.7. The molecule has 21 heteroatoms. The second-order valence-corrected chi connectivity index (χ2v) is 15.4. The monoisotopic (exact) mass is 864 g/mol. The van der Waals surface area contributed by atoms with E-state index in [1.807, 2.05) is 20.8 Å². The van der Waals surface area contributed by atoms with Gasteiger partial charge in [0.15, 0.2) is 17.5 Å². The molecule has 1 aromatic rings. The van der Waals surface area contributed by atoms with Crippen molar-refractivity contribution in [2.24, 2.45) is 45.7 Å². The highest BCUT2D eigenvalue weighted by Crippen LogP contribution is 2.28. The Morgan fingerprint density at radius 3 is 1.82 bits per heavy atom. The van der Waals surface area contributed by atoms with Crippen LogP contribution in [0.5, 0.6) is 11.5 Å². The highest BCUT2D eigenvalue weighted by atomic mass is 16.5. The second kappa shape index (κ2) is 27.2. The van der Waals surface area contributed by atoms with Crippen LogP contribution in [0.4, 0.5) is 0 Å². The average Bonchev–Trinajstić information content (AvgIpc) is 3.22. The Bertz CT molecular complexity index is 1660. The van der Waals surface area contributed by atoms with Crippen LogP contribution < -0.4 is 64.3 Å². The van der Waals surface area contributed by atoms with E-state index in [0.29, 0.717) is 29.9 Å². The molecule has 0 saturated heterocycles. The highest BCUT2D eigenvalue weighted by molar-refractivity contribution is 5.96. The van der Waals surface area contributed by atoms with Crippen LogP contribution in [-0.2, 0) is 40.0 Å². The number of hydrogen-bond donors (Lipinski definition) is 11. The van der Waals surface area contributed by atoms with E-state index >= 15 is 0 Å². The predicted molar refractivity (Wildman–Crippen MR) is 228 cm³/mol. The van der Waals surface area contributed by atoms with Gasteiger partial charge in [0.2, 0.25) is 41.4 Å². The minimum Gasteiger partial charge on any atom is -0.493 e. The lowest BCUT2D eigenvalue weighted by atomic mass is 9.96. The molecule has 0 aliphatic heterocycles. The number of primary amides is 1. The van der Waals surface area contributed by atoms with Crippen LogP contribution in [0.25, 0.3) is 0 Å². The summed E-state index contributed by atoms with van der Waals surface area (Å²) in [4.78, 5) is 96.9. The van der Waals surface area contributed by atoms with E-state index in [9.17, 15) is 38.7 Å². The molecule has 8 atom stereocenters. The maximum absolute atomic E-state index is 14.0. The van der Waals surface area contributed by atoms with E-state index in [0.717, 1.165) is 0 Å². The normalized spacial score (nSPS) is 14.9. The number of carbonyl (C=O) groups excluding carboxylic acids is 7. The first-order valence-electron chi connectivity index (χ1n) is 20.4. The number of nitrogens with zero attached hydrogens (tertiary/aromatic N) is 1. The summed E-state index contributed by atoms with van der Waals surface area (Å²) in [5.41, 5.74) is 22.8. The number of amides is 7. The van der Waals surface area contributed by atoms with Crippen LogP contribution >= 0.6 is 0 Å². The molecular weight excluding hydrogens is 795 g/mol. The summed E-state index contributed by atoms with van der Waals surface area (Å²) < 4.78 is 10.7. The highest BCUT2D eigenvalue weighted by Gasteiger charge is 2.33. The van der Waals surface area contributed by atoms with Crippen molar-refractivity contribution in [3.8, 4) is 11.5 Å². The minimum absolute atomic E-state index is 0.00176. The van der Waals surface area contributed by atoms with Gasteiger partial charge in [0.1, 0.15) is 36.3 Å². The van der Waals surface area contributed by atoms with E-state index in [2.05, 4.69) is 36.9 Å². The molecule has 0 aliphatic carbocycles. The molecule has 0 aliphatic rings. The summed E-state index contributed by atoms with van der Waals surface area (Å²) >= 11 is 0. The van der Waals surface area contributed by atoms with Crippen molar-refractivity contribution in [2.75, 3.05) is 33.9 Å². The topological polar surface area (TPSA) is 347 Å². The smallest absolute Gasteiger partial charge is 0.243 e. The second-order valence-electron chi connectivity index (χ2n) is 15.4. The quantitative estimate of drug-likeness (QED) is 0.0242. The SMILES string of the molecule is CC[C@H](C)[C@H](NC(=O)[C@H](Cc1ccc(OC)c(OC)c1)NC(=O)[C@H](CCCN=C(N)N)NC(=O)CNC(=O)[C@@H](NC(=O)[C@H](CC(C)C)NC(=O)[C@@H](N)CO)[C@@H](C)CC)C(N)=O. The number of ether oxygens (including phenoxy) is 2. The lowest BCUT2D eigenvalue weighted by molar-refractivity contribution is -0.135. The largest absolute Gasteiger partial charge is 0.493 e. The molecule has 0 radical (unpaired) electrons. The van der Waals surface area contributed by atoms with Gasteiger partial charge in [-0.3, -0.25) is 38.6 Å². The van der Waals surface area contributed by atoms with Crippen LogP contribution in [0.1, 0.15) is 79.2 Å². The number of aliphatic hydroxyl groups excluding tert-OH is 1. The van der Waals surface area contributed by atoms with Crippen LogP contribution in [0.3, 0.4) is 0 Å². The molecule has 0 spiro atoms. The molecule has 0 unspecified atom stereocenters. The number of nitrogens with two attached hydrogens (primary N) is 4. The summed E-state index contributed by atoms with van der Waals surface area (Å²) in [6.07, 6.45) is 1.32. The Morgan fingerprint density at radius 1 is 0.721 bits per heavy atom. The third-order valence-corrected chi connectivity index (χ3v) is 10.0. The number of nitrogens with one attached hydrogen (secondary N) is 6. The van der Waals surface area contributed by atoms with Gasteiger partial charge >= 0.3 is 0 Å². The van der Waals surface area contributed by atoms with E-state index in [4.69, 9.17) is 32.4 Å². The van der Waals surface area contributed by atoms with Crippen molar-refractivity contribution in [3.63, 3.8) is 0 Å². The fourth-order valence-corrected chi connectivity index (χ4v) is 6.02. The molecular formula is C40H69N11O10. The van der Waals surface area contributed by atoms with E-state index in [1.54, 1.807) is 39.0 Å².